The highest BCUT2D eigenvalue weighted by molar-refractivity contribution is 6.14. The molecule has 0 fully saturated rings. The molecule has 0 aliphatic rings. The van der Waals surface area contributed by atoms with Crippen LogP contribution in [-0.4, -0.2) is 17.5 Å². The van der Waals surface area contributed by atoms with Gasteiger partial charge >= 0.3 is 0 Å². The zero-order valence-electron chi connectivity index (χ0n) is 21.8. The number of hydrogen-bond donors (Lipinski definition) is 1. The third kappa shape index (κ3) is 7.05. The monoisotopic (exact) mass is 523 g/mol. The molecule has 198 valence electrons. The van der Waals surface area contributed by atoms with Gasteiger partial charge in [-0.05, 0) is 59.7 Å². The minimum atomic E-state index is -1.29. The number of hydrogen-bond acceptors (Lipinski definition) is 4. The van der Waals surface area contributed by atoms with E-state index in [0.29, 0.717) is 23.6 Å². The molecule has 6 heteroatoms. The number of ketones is 2. The fourth-order valence-corrected chi connectivity index (χ4v) is 4.35. The van der Waals surface area contributed by atoms with Crippen LogP contribution in [0, 0.1) is 17.7 Å². The van der Waals surface area contributed by atoms with Crippen LogP contribution in [0.5, 0.6) is 5.75 Å². The van der Waals surface area contributed by atoms with E-state index < -0.39 is 35.3 Å². The molecule has 4 aromatic carbocycles. The molecule has 0 saturated heterocycles. The molecule has 39 heavy (non-hydrogen) atoms. The van der Waals surface area contributed by atoms with Gasteiger partial charge in [0, 0.05) is 17.2 Å². The van der Waals surface area contributed by atoms with Gasteiger partial charge in [0.2, 0.25) is 5.91 Å². The van der Waals surface area contributed by atoms with Crippen molar-refractivity contribution in [2.45, 2.75) is 26.4 Å². The second-order valence-electron chi connectivity index (χ2n) is 9.58. The predicted octanol–water partition coefficient (Wildman–Crippen LogP) is 6.85. The van der Waals surface area contributed by atoms with Crippen LogP contribution in [-0.2, 0) is 16.2 Å². The van der Waals surface area contributed by atoms with Gasteiger partial charge in [-0.15, -0.1) is 0 Å². The minimum Gasteiger partial charge on any atom is -0.489 e. The Labute approximate surface area is 227 Å². The molecule has 0 spiro atoms. The number of benzene rings is 4. The van der Waals surface area contributed by atoms with E-state index in [9.17, 15) is 18.8 Å². The lowest BCUT2D eigenvalue weighted by atomic mass is 9.75. The first kappa shape index (κ1) is 27.5. The van der Waals surface area contributed by atoms with Crippen molar-refractivity contribution < 1.29 is 23.5 Å². The smallest absolute Gasteiger partial charge is 0.236 e. The molecular formula is C33H30FNO4. The normalized spacial score (nSPS) is 12.4. The second-order valence-corrected chi connectivity index (χ2v) is 9.58. The van der Waals surface area contributed by atoms with Crippen LogP contribution in [0.15, 0.2) is 109 Å². The molecule has 4 aromatic rings. The maximum absolute atomic E-state index is 13.7. The molecule has 0 aliphatic carbocycles. The number of carbonyl (C=O) groups is 3. The summed E-state index contributed by atoms with van der Waals surface area (Å²) in [6.45, 7) is 3.81. The fraction of sp³-hybridized carbons (Fsp3) is 0.182. The highest BCUT2D eigenvalue weighted by Gasteiger charge is 2.41. The van der Waals surface area contributed by atoms with E-state index in [-0.39, 0.29) is 11.3 Å². The van der Waals surface area contributed by atoms with Crippen molar-refractivity contribution in [3.8, 4) is 5.75 Å². The summed E-state index contributed by atoms with van der Waals surface area (Å²) in [5.74, 6) is -4.11. The Kier molecular flexibility index (Phi) is 9.00. The topological polar surface area (TPSA) is 72.5 Å². The minimum absolute atomic E-state index is 0.222. The van der Waals surface area contributed by atoms with Crippen LogP contribution >= 0.6 is 0 Å². The largest absolute Gasteiger partial charge is 0.489 e. The van der Waals surface area contributed by atoms with Crippen molar-refractivity contribution >= 4 is 23.2 Å². The Morgan fingerprint density at radius 1 is 0.769 bits per heavy atom. The van der Waals surface area contributed by atoms with E-state index in [1.807, 2.05) is 30.3 Å². The fourth-order valence-electron chi connectivity index (χ4n) is 4.35. The molecule has 5 nitrogen and oxygen atoms in total. The first-order valence-electron chi connectivity index (χ1n) is 12.8. The van der Waals surface area contributed by atoms with Crippen LogP contribution in [0.1, 0.15) is 41.3 Å². The molecule has 1 N–H and O–H groups in total. The van der Waals surface area contributed by atoms with Gasteiger partial charge in [0.25, 0.3) is 0 Å². The van der Waals surface area contributed by atoms with E-state index in [1.54, 1.807) is 68.4 Å². The number of amides is 1. The Balaban J connectivity index is 1.60. The lowest BCUT2D eigenvalue weighted by Gasteiger charge is -2.26. The van der Waals surface area contributed by atoms with Crippen molar-refractivity contribution in [1.29, 1.82) is 0 Å². The Morgan fingerprint density at radius 2 is 1.36 bits per heavy atom. The molecule has 4 rings (SSSR count). The average molecular weight is 524 g/mol. The summed E-state index contributed by atoms with van der Waals surface area (Å²) in [7, 11) is 0. The molecule has 0 aromatic heterocycles. The third-order valence-corrected chi connectivity index (χ3v) is 6.43. The zero-order chi connectivity index (χ0) is 27.8. The van der Waals surface area contributed by atoms with Crippen LogP contribution in [0.2, 0.25) is 0 Å². The maximum atomic E-state index is 13.7. The average Bonchev–Trinajstić information content (AvgIpc) is 2.96. The highest BCUT2D eigenvalue weighted by Crippen LogP contribution is 2.33. The van der Waals surface area contributed by atoms with E-state index >= 15 is 0 Å². The van der Waals surface area contributed by atoms with E-state index in [2.05, 4.69) is 5.32 Å². The van der Waals surface area contributed by atoms with E-state index in [4.69, 9.17) is 4.74 Å². The maximum Gasteiger partial charge on any atom is 0.236 e. The van der Waals surface area contributed by atoms with Crippen molar-refractivity contribution in [2.24, 2.45) is 11.8 Å². The molecule has 0 bridgehead atoms. The van der Waals surface area contributed by atoms with Gasteiger partial charge in [0.05, 0.1) is 5.92 Å². The quantitative estimate of drug-likeness (QED) is 0.172. The lowest BCUT2D eigenvalue weighted by Crippen LogP contribution is -2.40. The van der Waals surface area contributed by atoms with Crippen molar-refractivity contribution in [2.75, 3.05) is 5.32 Å². The van der Waals surface area contributed by atoms with E-state index in [1.165, 1.54) is 24.3 Å². The number of anilines is 1. The van der Waals surface area contributed by atoms with Gasteiger partial charge in [0.1, 0.15) is 29.9 Å². The van der Waals surface area contributed by atoms with Gasteiger partial charge in [-0.2, -0.15) is 0 Å². The number of carbonyl (C=O) groups excluding carboxylic acids is 3. The summed E-state index contributed by atoms with van der Waals surface area (Å²) in [6.07, 6.45) is 0. The molecule has 0 heterocycles. The van der Waals surface area contributed by atoms with E-state index in [0.717, 1.165) is 5.56 Å². The molecule has 2 atom stereocenters. The second kappa shape index (κ2) is 12.8. The summed E-state index contributed by atoms with van der Waals surface area (Å²) in [5, 5.41) is 2.82. The summed E-state index contributed by atoms with van der Waals surface area (Å²) in [4.78, 5) is 40.9. The predicted molar refractivity (Wildman–Crippen MR) is 149 cm³/mol. The number of Topliss-reactive ketones (excluding diaryl/α,β-unsaturated/α-hetero) is 2. The van der Waals surface area contributed by atoms with Gasteiger partial charge in [-0.1, -0.05) is 74.5 Å². The van der Waals surface area contributed by atoms with Gasteiger partial charge < -0.3 is 10.1 Å². The SMILES string of the molecule is CC(C)C(=O)[C@@H](C(=O)Nc1ccc(OCc2ccccc2)cc1)[C@@H](C(=O)c1ccc(F)cc1)c1ccccc1. The third-order valence-electron chi connectivity index (χ3n) is 6.43. The number of nitrogens with one attached hydrogen (secondary N) is 1. The molecule has 0 radical (unpaired) electrons. The van der Waals surface area contributed by atoms with Gasteiger partial charge in [0.15, 0.2) is 5.78 Å². The van der Waals surface area contributed by atoms with Crippen molar-refractivity contribution in [1.82, 2.24) is 0 Å². The van der Waals surface area contributed by atoms with Crippen molar-refractivity contribution in [3.63, 3.8) is 0 Å². The number of ether oxygens (including phenoxy) is 1. The first-order chi connectivity index (χ1) is 18.8. The summed E-state index contributed by atoms with van der Waals surface area (Å²) in [5.41, 5.74) is 2.25. The Morgan fingerprint density at radius 3 is 1.95 bits per heavy atom. The Hall–Kier alpha value is -4.58. The summed E-state index contributed by atoms with van der Waals surface area (Å²) < 4.78 is 19.4. The molecule has 1 amide bonds. The highest BCUT2D eigenvalue weighted by atomic mass is 19.1. The standard InChI is InChI=1S/C33H30FNO4/c1-22(2)31(36)30(29(24-11-7-4-8-12-24)32(37)25-13-15-26(34)16-14-25)33(38)35-27-17-19-28(20-18-27)39-21-23-9-5-3-6-10-23/h3-20,22,29-30H,21H2,1-2H3,(H,35,38)/t29-,30-/m0/s1. The van der Waals surface area contributed by atoms with Crippen molar-refractivity contribution in [3.05, 3.63) is 132 Å². The number of rotatable bonds is 11. The molecule has 0 unspecified atom stereocenters. The van der Waals surface area contributed by atoms with Crippen LogP contribution in [0.25, 0.3) is 0 Å². The first-order valence-corrected chi connectivity index (χ1v) is 12.8. The van der Waals surface area contributed by atoms with Gasteiger partial charge in [-0.3, -0.25) is 14.4 Å². The molecular weight excluding hydrogens is 493 g/mol. The summed E-state index contributed by atoms with van der Waals surface area (Å²) in [6, 6.07) is 30.5. The Bertz CT molecular complexity index is 1400. The summed E-state index contributed by atoms with van der Waals surface area (Å²) >= 11 is 0. The molecule has 0 saturated carbocycles. The number of halogens is 1. The van der Waals surface area contributed by atoms with Gasteiger partial charge in [-0.25, -0.2) is 4.39 Å². The van der Waals surface area contributed by atoms with Crippen LogP contribution < -0.4 is 10.1 Å². The zero-order valence-corrected chi connectivity index (χ0v) is 21.8. The lowest BCUT2D eigenvalue weighted by molar-refractivity contribution is -0.133. The van der Waals surface area contributed by atoms with Crippen LogP contribution in [0.3, 0.4) is 0 Å². The van der Waals surface area contributed by atoms with Crippen LogP contribution in [0.4, 0.5) is 10.1 Å². The molecule has 0 aliphatic heterocycles.